The number of anilines is 2. The number of amides is 1. The van der Waals surface area contributed by atoms with Crippen LogP contribution in [0.4, 0.5) is 11.4 Å². The van der Waals surface area contributed by atoms with Gasteiger partial charge in [-0.15, -0.1) is 0 Å². The van der Waals surface area contributed by atoms with Crippen molar-refractivity contribution in [1.82, 2.24) is 0 Å². The predicted molar refractivity (Wildman–Crippen MR) is 79.1 cm³/mol. The molecule has 114 valence electrons. The van der Waals surface area contributed by atoms with Gasteiger partial charge in [0.15, 0.2) is 0 Å². The summed E-state index contributed by atoms with van der Waals surface area (Å²) in [4.78, 5) is 23.2. The molecule has 1 heterocycles. The number of nitrogens with two attached hydrogens (primary N) is 1. The second kappa shape index (κ2) is 5.73. The van der Waals surface area contributed by atoms with Crippen molar-refractivity contribution in [1.29, 1.82) is 0 Å². The van der Waals surface area contributed by atoms with Crippen LogP contribution in [0.5, 0.6) is 0 Å². The lowest BCUT2D eigenvalue weighted by atomic mass is 9.89. The zero-order valence-electron chi connectivity index (χ0n) is 12.3. The summed E-state index contributed by atoms with van der Waals surface area (Å²) in [7, 11) is 0. The van der Waals surface area contributed by atoms with E-state index >= 15 is 0 Å². The van der Waals surface area contributed by atoms with E-state index in [2.05, 4.69) is 5.32 Å². The normalized spacial score (nSPS) is 28.3. The number of rotatable bonds is 3. The summed E-state index contributed by atoms with van der Waals surface area (Å²) < 4.78 is 5.66. The smallest absolute Gasteiger partial charge is 0.335 e. The summed E-state index contributed by atoms with van der Waals surface area (Å²) >= 11 is 0. The van der Waals surface area contributed by atoms with E-state index in [1.165, 1.54) is 18.2 Å². The van der Waals surface area contributed by atoms with E-state index in [9.17, 15) is 9.59 Å². The third kappa shape index (κ3) is 3.00. The number of aromatic carboxylic acids is 1. The molecular weight excluding hydrogens is 272 g/mol. The lowest BCUT2D eigenvalue weighted by molar-refractivity contribution is -0.121. The van der Waals surface area contributed by atoms with Crippen LogP contribution in [0.1, 0.15) is 31.1 Å². The molecule has 1 aliphatic heterocycles. The molecule has 0 aromatic heterocycles. The first-order valence-corrected chi connectivity index (χ1v) is 6.90. The zero-order chi connectivity index (χ0) is 15.7. The lowest BCUT2D eigenvalue weighted by Crippen LogP contribution is -2.32. The standard InChI is InChI=1S/C15H20N2O4/c1-7-8(2)21-9(3)13(7)14(18)17-12-5-4-10(15(19)20)6-11(12)16/h4-9,13H,16H2,1-3H3,(H,17,18)(H,19,20). The number of hydrogen-bond donors (Lipinski definition) is 3. The Hall–Kier alpha value is -2.08. The maximum Gasteiger partial charge on any atom is 0.335 e. The first kappa shape index (κ1) is 15.3. The maximum absolute atomic E-state index is 12.4. The van der Waals surface area contributed by atoms with Crippen molar-refractivity contribution in [3.05, 3.63) is 23.8 Å². The number of nitrogens with one attached hydrogen (secondary N) is 1. The summed E-state index contributed by atoms with van der Waals surface area (Å²) in [5.41, 5.74) is 6.53. The Kier molecular flexibility index (Phi) is 4.18. The Labute approximate surface area is 123 Å². The molecule has 0 aliphatic carbocycles. The molecule has 0 saturated carbocycles. The van der Waals surface area contributed by atoms with Crippen LogP contribution in [0, 0.1) is 11.8 Å². The van der Waals surface area contributed by atoms with E-state index in [4.69, 9.17) is 15.6 Å². The molecule has 0 spiro atoms. The average Bonchev–Trinajstić information content (AvgIpc) is 2.65. The van der Waals surface area contributed by atoms with Gasteiger partial charge in [0.2, 0.25) is 5.91 Å². The number of carbonyl (C=O) groups is 2. The van der Waals surface area contributed by atoms with Crippen LogP contribution in [-0.2, 0) is 9.53 Å². The van der Waals surface area contributed by atoms with Crippen LogP contribution in [-0.4, -0.2) is 29.2 Å². The van der Waals surface area contributed by atoms with Gasteiger partial charge in [-0.3, -0.25) is 4.79 Å². The molecular formula is C15H20N2O4. The van der Waals surface area contributed by atoms with Gasteiger partial charge in [0, 0.05) is 0 Å². The van der Waals surface area contributed by atoms with Gasteiger partial charge in [0.25, 0.3) is 0 Å². The van der Waals surface area contributed by atoms with Gasteiger partial charge >= 0.3 is 5.97 Å². The van der Waals surface area contributed by atoms with Gasteiger partial charge in [-0.2, -0.15) is 0 Å². The fourth-order valence-electron chi connectivity index (χ4n) is 2.74. The second-order valence-electron chi connectivity index (χ2n) is 5.53. The highest BCUT2D eigenvalue weighted by molar-refractivity contribution is 5.97. The van der Waals surface area contributed by atoms with E-state index in [1.807, 2.05) is 20.8 Å². The van der Waals surface area contributed by atoms with Crippen molar-refractivity contribution in [3.63, 3.8) is 0 Å². The fraction of sp³-hybridized carbons (Fsp3) is 0.467. The summed E-state index contributed by atoms with van der Waals surface area (Å²) in [5.74, 6) is -1.35. The number of hydrogen-bond acceptors (Lipinski definition) is 4. The minimum absolute atomic E-state index is 0.0301. The molecule has 1 fully saturated rings. The monoisotopic (exact) mass is 292 g/mol. The number of benzene rings is 1. The molecule has 4 unspecified atom stereocenters. The number of carboxylic acid groups (broad SMARTS) is 1. The van der Waals surface area contributed by atoms with Crippen molar-refractivity contribution in [2.75, 3.05) is 11.1 Å². The van der Waals surface area contributed by atoms with Crippen molar-refractivity contribution in [2.45, 2.75) is 33.0 Å². The lowest BCUT2D eigenvalue weighted by Gasteiger charge is -2.18. The topological polar surface area (TPSA) is 102 Å². The molecule has 1 saturated heterocycles. The molecule has 4 N–H and O–H groups in total. The number of carbonyl (C=O) groups excluding carboxylic acids is 1. The van der Waals surface area contributed by atoms with Gasteiger partial charge in [0.1, 0.15) is 0 Å². The summed E-state index contributed by atoms with van der Waals surface area (Å²) in [6, 6.07) is 4.25. The predicted octanol–water partition coefficient (Wildman–Crippen LogP) is 1.97. The first-order chi connectivity index (χ1) is 9.81. The SMILES string of the molecule is CC1OC(C)C(C(=O)Nc2ccc(C(=O)O)cc2N)C1C. The molecule has 0 radical (unpaired) electrons. The third-order valence-electron chi connectivity index (χ3n) is 4.10. The van der Waals surface area contributed by atoms with E-state index < -0.39 is 5.97 Å². The Balaban J connectivity index is 2.15. The molecule has 1 amide bonds. The Bertz CT molecular complexity index is 573. The van der Waals surface area contributed by atoms with Crippen LogP contribution < -0.4 is 11.1 Å². The summed E-state index contributed by atoms with van der Waals surface area (Å²) in [6.45, 7) is 5.81. The van der Waals surface area contributed by atoms with Gasteiger partial charge in [0.05, 0.1) is 35.1 Å². The van der Waals surface area contributed by atoms with Crippen LogP contribution >= 0.6 is 0 Å². The quantitative estimate of drug-likeness (QED) is 0.739. The highest BCUT2D eigenvalue weighted by atomic mass is 16.5. The molecule has 1 aromatic rings. The van der Waals surface area contributed by atoms with Gasteiger partial charge in [-0.05, 0) is 38.0 Å². The van der Waals surface area contributed by atoms with Crippen LogP contribution in [0.2, 0.25) is 0 Å². The van der Waals surface area contributed by atoms with Crippen molar-refractivity contribution in [3.8, 4) is 0 Å². The number of carboxylic acids is 1. The van der Waals surface area contributed by atoms with Gasteiger partial charge < -0.3 is 20.9 Å². The second-order valence-corrected chi connectivity index (χ2v) is 5.53. The Morgan fingerprint density at radius 3 is 2.38 bits per heavy atom. The molecule has 2 rings (SSSR count). The molecule has 21 heavy (non-hydrogen) atoms. The van der Waals surface area contributed by atoms with Crippen molar-refractivity contribution in [2.24, 2.45) is 11.8 Å². The molecule has 0 bridgehead atoms. The van der Waals surface area contributed by atoms with Crippen molar-refractivity contribution < 1.29 is 19.4 Å². The highest BCUT2D eigenvalue weighted by Crippen LogP contribution is 2.33. The largest absolute Gasteiger partial charge is 0.478 e. The minimum atomic E-state index is -1.06. The van der Waals surface area contributed by atoms with Gasteiger partial charge in [-0.1, -0.05) is 6.92 Å². The van der Waals surface area contributed by atoms with Crippen LogP contribution in [0.3, 0.4) is 0 Å². The zero-order valence-corrected chi connectivity index (χ0v) is 12.3. The number of ether oxygens (including phenoxy) is 1. The average molecular weight is 292 g/mol. The highest BCUT2D eigenvalue weighted by Gasteiger charge is 2.41. The van der Waals surface area contributed by atoms with Gasteiger partial charge in [-0.25, -0.2) is 4.79 Å². The fourth-order valence-corrected chi connectivity index (χ4v) is 2.74. The number of nitrogen functional groups attached to an aromatic ring is 1. The molecule has 1 aliphatic rings. The molecule has 6 heteroatoms. The summed E-state index contributed by atoms with van der Waals surface area (Å²) in [6.07, 6.45) is -0.128. The Morgan fingerprint density at radius 2 is 1.90 bits per heavy atom. The molecule has 4 atom stereocenters. The molecule has 6 nitrogen and oxygen atoms in total. The van der Waals surface area contributed by atoms with E-state index in [1.54, 1.807) is 0 Å². The Morgan fingerprint density at radius 1 is 1.24 bits per heavy atom. The first-order valence-electron chi connectivity index (χ1n) is 6.90. The maximum atomic E-state index is 12.4. The van der Waals surface area contributed by atoms with E-state index in [0.29, 0.717) is 5.69 Å². The molecule has 1 aromatic carbocycles. The summed E-state index contributed by atoms with van der Waals surface area (Å²) in [5, 5.41) is 11.7. The van der Waals surface area contributed by atoms with Crippen LogP contribution in [0.15, 0.2) is 18.2 Å². The van der Waals surface area contributed by atoms with E-state index in [0.717, 1.165) is 0 Å². The minimum Gasteiger partial charge on any atom is -0.478 e. The third-order valence-corrected chi connectivity index (χ3v) is 4.10. The van der Waals surface area contributed by atoms with Crippen molar-refractivity contribution >= 4 is 23.3 Å². The van der Waals surface area contributed by atoms with Crippen LogP contribution in [0.25, 0.3) is 0 Å². The van der Waals surface area contributed by atoms with E-state index in [-0.39, 0.29) is 41.2 Å².